The molecule has 1 saturated carbocycles. The Morgan fingerprint density at radius 3 is 2.23 bits per heavy atom. The first-order chi connectivity index (χ1) is 10.5. The molecule has 116 valence electrons. The van der Waals surface area contributed by atoms with Crippen LogP contribution in [0.25, 0.3) is 0 Å². The monoisotopic (exact) mass is 303 g/mol. The third-order valence-corrected chi connectivity index (χ3v) is 4.15. The topological polar surface area (TPSA) is 72.9 Å². The summed E-state index contributed by atoms with van der Waals surface area (Å²) in [5.41, 5.74) is 0.161. The Labute approximate surface area is 127 Å². The van der Waals surface area contributed by atoms with E-state index < -0.39 is 17.8 Å². The molecule has 3 rings (SSSR count). The highest BCUT2D eigenvalue weighted by molar-refractivity contribution is 6.20. The van der Waals surface area contributed by atoms with Crippen LogP contribution in [0, 0.1) is 0 Å². The van der Waals surface area contributed by atoms with Crippen molar-refractivity contribution in [1.82, 2.24) is 5.06 Å². The summed E-state index contributed by atoms with van der Waals surface area (Å²) in [5.74, 6) is -2.00. The number of hydrogen-bond donors (Lipinski definition) is 0. The van der Waals surface area contributed by atoms with Gasteiger partial charge in [-0.1, -0.05) is 30.0 Å². The van der Waals surface area contributed by atoms with Gasteiger partial charge in [-0.25, -0.2) is 4.79 Å². The molecule has 0 saturated heterocycles. The van der Waals surface area contributed by atoms with E-state index in [4.69, 9.17) is 9.57 Å². The Hall–Kier alpha value is -2.21. The Morgan fingerprint density at radius 1 is 1.14 bits per heavy atom. The molecule has 0 unspecified atom stereocenters. The minimum atomic E-state index is -0.748. The van der Waals surface area contributed by atoms with Crippen molar-refractivity contribution in [3.05, 3.63) is 35.4 Å². The van der Waals surface area contributed by atoms with Gasteiger partial charge in [0.1, 0.15) is 6.61 Å². The van der Waals surface area contributed by atoms with Crippen LogP contribution in [0.2, 0.25) is 0 Å². The molecule has 1 aliphatic carbocycles. The van der Waals surface area contributed by atoms with E-state index in [0.717, 1.165) is 25.7 Å². The second-order valence-corrected chi connectivity index (χ2v) is 5.86. The maximum absolute atomic E-state index is 12.1. The number of amides is 2. The van der Waals surface area contributed by atoms with Gasteiger partial charge in [0, 0.05) is 0 Å². The summed E-state index contributed by atoms with van der Waals surface area (Å²) in [6, 6.07) is 6.36. The Balaban J connectivity index is 1.61. The van der Waals surface area contributed by atoms with E-state index in [1.807, 2.05) is 6.92 Å². The molecule has 1 aliphatic heterocycles. The molecule has 22 heavy (non-hydrogen) atoms. The van der Waals surface area contributed by atoms with E-state index in [9.17, 15) is 14.4 Å². The molecule has 0 atom stereocenters. The van der Waals surface area contributed by atoms with Gasteiger partial charge in [-0.2, -0.15) is 0 Å². The van der Waals surface area contributed by atoms with E-state index in [1.54, 1.807) is 12.1 Å². The van der Waals surface area contributed by atoms with E-state index in [2.05, 4.69) is 0 Å². The number of hydrogen-bond acceptors (Lipinski definition) is 5. The molecule has 1 heterocycles. The fourth-order valence-electron chi connectivity index (χ4n) is 2.88. The molecule has 0 radical (unpaired) electrons. The Morgan fingerprint density at radius 2 is 1.68 bits per heavy atom. The maximum Gasteiger partial charge on any atom is 0.358 e. The first-order valence-corrected chi connectivity index (χ1v) is 7.33. The Bertz CT molecular complexity index is 598. The summed E-state index contributed by atoms with van der Waals surface area (Å²) in [7, 11) is 0. The molecular formula is C16H17NO5. The minimum Gasteiger partial charge on any atom is -0.364 e. The van der Waals surface area contributed by atoms with Crippen LogP contribution >= 0.6 is 0 Å². The number of carbonyl (C=O) groups excluding carboxylic acids is 3. The SMILES string of the molecule is CC1(OCC(=O)ON2C(=O)c3ccccc3C2=O)CCCC1. The molecule has 0 spiro atoms. The fourth-order valence-corrected chi connectivity index (χ4v) is 2.88. The van der Waals surface area contributed by atoms with Crippen LogP contribution in [0.3, 0.4) is 0 Å². The van der Waals surface area contributed by atoms with Crippen molar-refractivity contribution >= 4 is 17.8 Å². The average molecular weight is 303 g/mol. The zero-order chi connectivity index (χ0) is 15.7. The van der Waals surface area contributed by atoms with Gasteiger partial charge in [0.2, 0.25) is 0 Å². The van der Waals surface area contributed by atoms with Crippen molar-refractivity contribution in [2.24, 2.45) is 0 Å². The highest BCUT2D eigenvalue weighted by Gasteiger charge is 2.39. The fraction of sp³-hybridized carbons (Fsp3) is 0.438. The highest BCUT2D eigenvalue weighted by Crippen LogP contribution is 2.32. The normalized spacial score (nSPS) is 19.4. The zero-order valence-corrected chi connectivity index (χ0v) is 12.3. The van der Waals surface area contributed by atoms with Crippen molar-refractivity contribution in [3.8, 4) is 0 Å². The smallest absolute Gasteiger partial charge is 0.358 e. The van der Waals surface area contributed by atoms with Crippen molar-refractivity contribution in [1.29, 1.82) is 0 Å². The molecule has 0 N–H and O–H groups in total. The lowest BCUT2D eigenvalue weighted by Crippen LogP contribution is -2.36. The third kappa shape index (κ3) is 2.62. The van der Waals surface area contributed by atoms with Crippen molar-refractivity contribution in [2.45, 2.75) is 38.2 Å². The van der Waals surface area contributed by atoms with Crippen LogP contribution in [0.15, 0.2) is 24.3 Å². The first kappa shape index (κ1) is 14.7. The third-order valence-electron chi connectivity index (χ3n) is 4.15. The molecule has 6 heteroatoms. The number of benzene rings is 1. The van der Waals surface area contributed by atoms with Crippen molar-refractivity contribution in [2.75, 3.05) is 6.61 Å². The number of hydroxylamine groups is 2. The number of nitrogens with zero attached hydrogens (tertiary/aromatic N) is 1. The second-order valence-electron chi connectivity index (χ2n) is 5.86. The van der Waals surface area contributed by atoms with Gasteiger partial charge in [-0.05, 0) is 31.9 Å². The van der Waals surface area contributed by atoms with E-state index in [1.165, 1.54) is 12.1 Å². The summed E-state index contributed by atoms with van der Waals surface area (Å²) >= 11 is 0. The number of rotatable bonds is 4. The predicted octanol–water partition coefficient (Wildman–Crippen LogP) is 2.09. The van der Waals surface area contributed by atoms with Crippen molar-refractivity contribution in [3.63, 3.8) is 0 Å². The Kier molecular flexibility index (Phi) is 3.70. The molecule has 0 bridgehead atoms. The van der Waals surface area contributed by atoms with Gasteiger partial charge in [-0.15, -0.1) is 0 Å². The van der Waals surface area contributed by atoms with Gasteiger partial charge in [0.25, 0.3) is 11.8 Å². The largest absolute Gasteiger partial charge is 0.364 e. The minimum absolute atomic E-state index is 0.240. The quantitative estimate of drug-likeness (QED) is 0.796. The highest BCUT2D eigenvalue weighted by atomic mass is 16.7. The van der Waals surface area contributed by atoms with Crippen LogP contribution in [-0.4, -0.2) is 35.1 Å². The lowest BCUT2D eigenvalue weighted by atomic mass is 10.1. The predicted molar refractivity (Wildman–Crippen MR) is 75.9 cm³/mol. The summed E-state index contributed by atoms with van der Waals surface area (Å²) in [6.45, 7) is 1.68. The van der Waals surface area contributed by atoms with Crippen LogP contribution < -0.4 is 0 Å². The van der Waals surface area contributed by atoms with Crippen LogP contribution in [0.4, 0.5) is 0 Å². The standard InChI is InChI=1S/C16H17NO5/c1-16(8-4-5-9-16)21-10-13(18)22-17-14(19)11-6-2-3-7-12(11)15(17)20/h2-3,6-7H,4-5,8-10H2,1H3. The van der Waals surface area contributed by atoms with E-state index in [-0.39, 0.29) is 23.3 Å². The molecule has 2 amide bonds. The molecule has 1 aromatic carbocycles. The van der Waals surface area contributed by atoms with Crippen LogP contribution in [0.1, 0.15) is 53.3 Å². The summed E-state index contributed by atoms with van der Waals surface area (Å²) in [6.07, 6.45) is 3.94. The van der Waals surface area contributed by atoms with Crippen LogP contribution in [-0.2, 0) is 14.4 Å². The molecule has 2 aliphatic rings. The number of carbonyl (C=O) groups is 3. The molecule has 0 aromatic heterocycles. The van der Waals surface area contributed by atoms with Gasteiger partial charge < -0.3 is 9.57 Å². The number of imide groups is 1. The van der Waals surface area contributed by atoms with Gasteiger partial charge in [0.05, 0.1) is 16.7 Å². The van der Waals surface area contributed by atoms with E-state index in [0.29, 0.717) is 5.06 Å². The summed E-state index contributed by atoms with van der Waals surface area (Å²) in [4.78, 5) is 40.8. The summed E-state index contributed by atoms with van der Waals surface area (Å²) in [5, 5.41) is 0.507. The molecule has 6 nitrogen and oxygen atoms in total. The van der Waals surface area contributed by atoms with E-state index >= 15 is 0 Å². The lowest BCUT2D eigenvalue weighted by Gasteiger charge is -2.23. The molecular weight excluding hydrogens is 286 g/mol. The zero-order valence-electron chi connectivity index (χ0n) is 12.3. The van der Waals surface area contributed by atoms with Gasteiger partial charge in [-0.3, -0.25) is 9.59 Å². The maximum atomic E-state index is 12.1. The van der Waals surface area contributed by atoms with Crippen molar-refractivity contribution < 1.29 is 24.0 Å². The van der Waals surface area contributed by atoms with Gasteiger partial charge in [0.15, 0.2) is 0 Å². The number of fused-ring (bicyclic) bond motifs is 1. The summed E-state index contributed by atoms with van der Waals surface area (Å²) < 4.78 is 5.59. The second kappa shape index (κ2) is 5.53. The number of ether oxygens (including phenoxy) is 1. The van der Waals surface area contributed by atoms with Gasteiger partial charge >= 0.3 is 5.97 Å². The first-order valence-electron chi connectivity index (χ1n) is 7.33. The lowest BCUT2D eigenvalue weighted by molar-refractivity contribution is -0.179. The molecule has 1 aromatic rings. The molecule has 1 fully saturated rings. The average Bonchev–Trinajstić information content (AvgIpc) is 3.05. The van der Waals surface area contributed by atoms with Crippen LogP contribution in [0.5, 0.6) is 0 Å².